The number of sulfonamides is 1. The predicted molar refractivity (Wildman–Crippen MR) is 163 cm³/mol. The summed E-state index contributed by atoms with van der Waals surface area (Å²) in [5.41, 5.74) is 2.58. The third kappa shape index (κ3) is 8.36. The highest BCUT2D eigenvalue weighted by Gasteiger charge is 2.31. The van der Waals surface area contributed by atoms with E-state index in [9.17, 15) is 18.0 Å². The zero-order chi connectivity index (χ0) is 29.4. The maximum absolute atomic E-state index is 13.8. The minimum atomic E-state index is -3.66. The van der Waals surface area contributed by atoms with E-state index in [1.54, 1.807) is 43.3 Å². The molecular formula is C29H32Cl3N3O4S. The zero-order valence-electron chi connectivity index (χ0n) is 22.5. The molecule has 0 saturated heterocycles. The van der Waals surface area contributed by atoms with Crippen LogP contribution in [0.1, 0.15) is 29.5 Å². The molecular weight excluding hydrogens is 593 g/mol. The quantitative estimate of drug-likeness (QED) is 0.272. The largest absolute Gasteiger partial charge is 0.357 e. The number of rotatable bonds is 12. The van der Waals surface area contributed by atoms with Crippen LogP contribution >= 0.6 is 34.8 Å². The first kappa shape index (κ1) is 31.7. The lowest BCUT2D eigenvalue weighted by Crippen LogP contribution is -2.50. The number of carbonyl (C=O) groups excluding carboxylic acids is 2. The molecule has 0 aliphatic heterocycles. The van der Waals surface area contributed by atoms with E-state index in [2.05, 4.69) is 5.32 Å². The van der Waals surface area contributed by atoms with Crippen molar-refractivity contribution in [3.05, 3.63) is 98.5 Å². The van der Waals surface area contributed by atoms with Crippen LogP contribution in [-0.2, 0) is 32.6 Å². The van der Waals surface area contributed by atoms with Crippen molar-refractivity contribution in [2.24, 2.45) is 0 Å². The zero-order valence-corrected chi connectivity index (χ0v) is 25.6. The van der Waals surface area contributed by atoms with Crippen molar-refractivity contribution in [3.8, 4) is 0 Å². The number of nitrogens with one attached hydrogen (secondary N) is 1. The first-order valence-corrected chi connectivity index (χ1v) is 15.6. The summed E-state index contributed by atoms with van der Waals surface area (Å²) in [6, 6.07) is 18.6. The lowest BCUT2D eigenvalue weighted by molar-refractivity contribution is -0.141. The van der Waals surface area contributed by atoms with Crippen LogP contribution in [0.3, 0.4) is 0 Å². The third-order valence-corrected chi connectivity index (χ3v) is 8.62. The Hall–Kier alpha value is -2.78. The molecule has 0 aliphatic rings. The Balaban J connectivity index is 1.91. The smallest absolute Gasteiger partial charge is 0.242 e. The van der Waals surface area contributed by atoms with E-state index in [0.29, 0.717) is 26.3 Å². The molecule has 2 amide bonds. The number of anilines is 1. The number of hydrogen-bond donors (Lipinski definition) is 1. The molecule has 1 N–H and O–H groups in total. The van der Waals surface area contributed by atoms with E-state index in [0.717, 1.165) is 17.4 Å². The summed E-state index contributed by atoms with van der Waals surface area (Å²) in [6.45, 7) is 1.85. The fourth-order valence-corrected chi connectivity index (χ4v) is 6.11. The molecule has 0 bridgehead atoms. The summed E-state index contributed by atoms with van der Waals surface area (Å²) in [5, 5.41) is 3.82. The predicted octanol–water partition coefficient (Wildman–Crippen LogP) is 5.89. The Kier molecular flexibility index (Phi) is 11.3. The number of carbonyl (C=O) groups is 2. The summed E-state index contributed by atoms with van der Waals surface area (Å²) in [7, 11) is -2.14. The average molecular weight is 625 g/mol. The molecule has 1 atom stereocenters. The van der Waals surface area contributed by atoms with Crippen LogP contribution in [0.5, 0.6) is 0 Å². The Bertz CT molecular complexity index is 1430. The SMILES string of the molecule is CNC(=O)C(Cc1ccccc1)N(Cc1c(Cl)cccc1Cl)C(=O)CCCN(c1cc(Cl)ccc1C)S(C)(=O)=O. The van der Waals surface area contributed by atoms with E-state index in [4.69, 9.17) is 34.8 Å². The van der Waals surface area contributed by atoms with Gasteiger partial charge in [-0.1, -0.05) is 77.3 Å². The number of halogens is 3. The standard InChI is InChI=1S/C29H32Cl3N3O4S/c1-20-14-15-22(30)18-26(20)35(40(3,38)39)16-8-13-28(36)34(19-23-24(31)11-7-12-25(23)32)27(29(37)33-2)17-21-9-5-4-6-10-21/h4-7,9-12,14-15,18,27H,8,13,16-17,19H2,1-3H3,(H,33,37). The lowest BCUT2D eigenvalue weighted by atomic mass is 10.0. The molecule has 0 saturated carbocycles. The van der Waals surface area contributed by atoms with Crippen molar-refractivity contribution >= 4 is 62.3 Å². The number of benzene rings is 3. The maximum atomic E-state index is 13.8. The molecule has 3 rings (SSSR count). The van der Waals surface area contributed by atoms with Gasteiger partial charge in [0.05, 0.1) is 11.9 Å². The number of aryl methyl sites for hydroxylation is 1. The van der Waals surface area contributed by atoms with Crippen molar-refractivity contribution in [1.82, 2.24) is 10.2 Å². The van der Waals surface area contributed by atoms with E-state index in [1.165, 1.54) is 16.3 Å². The summed E-state index contributed by atoms with van der Waals surface area (Å²) < 4.78 is 26.6. The summed E-state index contributed by atoms with van der Waals surface area (Å²) in [6.07, 6.45) is 1.57. The molecule has 0 aliphatic carbocycles. The van der Waals surface area contributed by atoms with Crippen LogP contribution in [0.2, 0.25) is 15.1 Å². The van der Waals surface area contributed by atoms with Gasteiger partial charge >= 0.3 is 0 Å². The molecule has 0 radical (unpaired) electrons. The van der Waals surface area contributed by atoms with Gasteiger partial charge in [-0.3, -0.25) is 13.9 Å². The van der Waals surface area contributed by atoms with Gasteiger partial charge in [0.1, 0.15) is 6.04 Å². The van der Waals surface area contributed by atoms with Gasteiger partial charge in [0.15, 0.2) is 0 Å². The molecule has 0 fully saturated rings. The Morgan fingerprint density at radius 3 is 2.20 bits per heavy atom. The summed E-state index contributed by atoms with van der Waals surface area (Å²) >= 11 is 19.0. The lowest BCUT2D eigenvalue weighted by Gasteiger charge is -2.32. The molecule has 0 aromatic heterocycles. The molecule has 40 heavy (non-hydrogen) atoms. The topological polar surface area (TPSA) is 86.8 Å². The molecule has 0 spiro atoms. The first-order valence-electron chi connectivity index (χ1n) is 12.6. The van der Waals surface area contributed by atoms with Crippen LogP contribution in [-0.4, -0.2) is 51.0 Å². The van der Waals surface area contributed by atoms with Crippen LogP contribution < -0.4 is 9.62 Å². The van der Waals surface area contributed by atoms with Crippen LogP contribution in [0, 0.1) is 6.92 Å². The molecule has 1 unspecified atom stereocenters. The second kappa shape index (κ2) is 14.2. The molecule has 11 heteroatoms. The van der Waals surface area contributed by atoms with E-state index >= 15 is 0 Å². The van der Waals surface area contributed by atoms with Crippen molar-refractivity contribution in [2.75, 3.05) is 24.2 Å². The fraction of sp³-hybridized carbons (Fsp3) is 0.310. The summed E-state index contributed by atoms with van der Waals surface area (Å²) in [5.74, 6) is -0.676. The number of amides is 2. The van der Waals surface area contributed by atoms with Crippen LogP contribution in [0.15, 0.2) is 66.7 Å². The van der Waals surface area contributed by atoms with Crippen molar-refractivity contribution in [2.45, 2.75) is 38.8 Å². The molecule has 0 heterocycles. The first-order chi connectivity index (χ1) is 18.9. The van der Waals surface area contributed by atoms with Gasteiger partial charge in [-0.2, -0.15) is 0 Å². The normalized spacial score (nSPS) is 12.1. The second-order valence-electron chi connectivity index (χ2n) is 9.41. The van der Waals surface area contributed by atoms with Gasteiger partial charge in [0.25, 0.3) is 0 Å². The van der Waals surface area contributed by atoms with Gasteiger partial charge in [-0.05, 0) is 48.7 Å². The Labute approximate surface area is 251 Å². The number of nitrogens with zero attached hydrogens (tertiary/aromatic N) is 2. The second-order valence-corrected chi connectivity index (χ2v) is 12.6. The van der Waals surface area contributed by atoms with E-state index in [1.807, 2.05) is 30.3 Å². The highest BCUT2D eigenvalue weighted by atomic mass is 35.5. The maximum Gasteiger partial charge on any atom is 0.242 e. The van der Waals surface area contributed by atoms with Gasteiger partial charge in [-0.15, -0.1) is 0 Å². The van der Waals surface area contributed by atoms with Crippen molar-refractivity contribution in [3.63, 3.8) is 0 Å². The van der Waals surface area contributed by atoms with Gasteiger partial charge in [-0.25, -0.2) is 8.42 Å². The number of likely N-dealkylation sites (N-methyl/N-ethyl adjacent to an activating group) is 1. The van der Waals surface area contributed by atoms with E-state index < -0.39 is 16.1 Å². The summed E-state index contributed by atoms with van der Waals surface area (Å²) in [4.78, 5) is 28.4. The third-order valence-electron chi connectivity index (χ3n) is 6.50. The molecule has 3 aromatic rings. The average Bonchev–Trinajstić information content (AvgIpc) is 2.91. The van der Waals surface area contributed by atoms with Gasteiger partial charge in [0, 0.05) is 53.6 Å². The molecule has 7 nitrogen and oxygen atoms in total. The van der Waals surface area contributed by atoms with Crippen LogP contribution in [0.25, 0.3) is 0 Å². The van der Waals surface area contributed by atoms with Gasteiger partial charge < -0.3 is 10.2 Å². The Morgan fingerprint density at radius 1 is 0.950 bits per heavy atom. The highest BCUT2D eigenvalue weighted by Crippen LogP contribution is 2.29. The minimum absolute atomic E-state index is 0.00541. The number of hydrogen-bond acceptors (Lipinski definition) is 4. The van der Waals surface area contributed by atoms with Crippen molar-refractivity contribution in [1.29, 1.82) is 0 Å². The van der Waals surface area contributed by atoms with Crippen LogP contribution in [0.4, 0.5) is 5.69 Å². The monoisotopic (exact) mass is 623 g/mol. The molecule has 214 valence electrons. The van der Waals surface area contributed by atoms with E-state index in [-0.39, 0.29) is 44.2 Å². The highest BCUT2D eigenvalue weighted by molar-refractivity contribution is 7.92. The van der Waals surface area contributed by atoms with Crippen molar-refractivity contribution < 1.29 is 18.0 Å². The minimum Gasteiger partial charge on any atom is -0.357 e. The molecule has 3 aromatic carbocycles. The fourth-order valence-electron chi connectivity index (χ4n) is 4.41. The Morgan fingerprint density at radius 2 is 1.60 bits per heavy atom. The van der Waals surface area contributed by atoms with Gasteiger partial charge in [0.2, 0.25) is 21.8 Å².